The van der Waals surface area contributed by atoms with E-state index in [4.69, 9.17) is 47.1 Å². The molecular weight excluding hydrogens is 1950 g/mol. The van der Waals surface area contributed by atoms with Crippen molar-refractivity contribution in [1.29, 1.82) is 0 Å². The summed E-state index contributed by atoms with van der Waals surface area (Å²) in [4.78, 5) is 93.4. The number of amidine groups is 4. The average Bonchev–Trinajstić information content (AvgIpc) is 1.62. The van der Waals surface area contributed by atoms with Crippen molar-refractivity contribution < 1.29 is 88.0 Å². The summed E-state index contributed by atoms with van der Waals surface area (Å²) in [6, 6.07) is 22.0. The molecule has 39 heteroatoms. The van der Waals surface area contributed by atoms with Crippen LogP contribution in [0.15, 0.2) is 120 Å². The van der Waals surface area contributed by atoms with Crippen LogP contribution in [0.5, 0.6) is 0 Å². The van der Waals surface area contributed by atoms with Crippen LogP contribution in [0.25, 0.3) is 6.08 Å². The first-order valence-electron chi connectivity index (χ1n) is 46.0. The van der Waals surface area contributed by atoms with Crippen molar-refractivity contribution in [1.82, 2.24) is 43.8 Å². The molecule has 12 aliphatic rings. The molecule has 4 saturated heterocycles. The van der Waals surface area contributed by atoms with Gasteiger partial charge in [-0.1, -0.05) is 149 Å². The number of sulfonamides is 4. The van der Waals surface area contributed by atoms with Gasteiger partial charge >= 0.3 is 6.03 Å². The SMILES string of the molecule is C.C=CS(=O)(=O)N1CCC2(CC1)N=C(C1CCCCC1)NC2=O.CN=C=O.CNC(=O)Nc1cccc(CCS(=O)(=O)N2CCC3(CC2)N=C(C2CCCCC2)NC3=O)c1C.CO.Cc1c(N)cccc1/C=C/S(=O)(=O)N1CCC2(CC1)N=C(C1CCCCC1)NC2=O.Cc1c(N)cccc1Br.Cc1c(N)cccc1CCS(=O)(=O)N1CCC2(CC1)N=C(C1CCCCC1)NC2=O.[CH3-].[Pd]. The second-order valence-electron chi connectivity index (χ2n) is 35.8. The minimum atomic E-state index is -3.58. The number of rotatable bonds is 18. The predicted molar refractivity (Wildman–Crippen MR) is 534 cm³/mol. The predicted octanol–water partition coefficient (Wildman–Crippen LogP) is 12.2. The maximum absolute atomic E-state index is 13.1. The van der Waals surface area contributed by atoms with Crippen molar-refractivity contribution in [2.24, 2.45) is 48.6 Å². The van der Waals surface area contributed by atoms with Gasteiger partial charge in [-0.05, 0) is 219 Å². The third-order valence-corrected chi connectivity index (χ3v) is 35.5. The van der Waals surface area contributed by atoms with Crippen LogP contribution in [-0.4, -0.2) is 222 Å². The Morgan fingerprint density at radius 1 is 0.493 bits per heavy atom. The zero-order valence-corrected chi connectivity index (χ0v) is 84.6. The fourth-order valence-corrected chi connectivity index (χ4v) is 24.5. The first-order valence-corrected chi connectivity index (χ1v) is 53.1. The minimum absolute atomic E-state index is 0. The van der Waals surface area contributed by atoms with Gasteiger partial charge in [-0.15, -0.1) is 0 Å². The number of halogens is 1. The number of nitrogens with two attached hydrogens (primary N) is 3. The minimum Gasteiger partial charge on any atom is -0.400 e. The number of aliphatic hydroxyl groups excluding tert-OH is 1. The van der Waals surface area contributed by atoms with E-state index in [2.05, 4.69) is 59.4 Å². The standard InChI is InChI=1S/C24H35N5O4S.C22H32N4O3S.C22H30N4O3S.C15H23N3O3S.C7H8BrN.C2H3NO.CH4O.CH4.CH3.Pd/c1-17-18(9-6-10-20(17)26-23(31)25-2)11-16-34(32,33)29-14-12-24(13-15-29)22(30)27-21(28-24)19-7-4-3-5-8-19;2*1-16-17(8-5-9-19(16)23)10-15-30(28,29)26-13-11-22(12-14-26)21(27)24-20(25-22)18-6-3-2-4-7-18;1-2-22(20,21)18-10-8-15(9-11-18)14(19)16-13(17-15)12-6-4-3-5-7-12;1-5-6(8)3-2-4-7(5)9;1-3-2-4;1-2;;;/h6,9-10,19H,3-5,7-8,11-16H2,1-2H3,(H2,25,26,31)(H,27,28,30);5,8-9,18H,2-4,6-7,10-15,23H2,1H3,(H,24,25,27);5,8-10,15,18H,2-4,6-7,11-14,23H2,1H3,(H,24,25,27);2,12H,1,3-11H2,(H,16,17,19);2-4H,9H2,1H3;1H3;2H,1H3;1H4;1H3;/q;;;;;;;;-1;/b;;15-10+;;;;;;;. The molecule has 4 aliphatic carbocycles. The molecule has 4 aromatic carbocycles. The molecule has 0 radical (unpaired) electrons. The number of aryl methyl sites for hydroxylation is 2. The molecule has 0 atom stereocenters. The van der Waals surface area contributed by atoms with E-state index in [1.807, 2.05) is 82.3 Å². The molecule has 744 valence electrons. The Morgan fingerprint density at radius 3 is 1.11 bits per heavy atom. The maximum Gasteiger partial charge on any atom is 0.318 e. The Labute approximate surface area is 816 Å². The van der Waals surface area contributed by atoms with Gasteiger partial charge in [-0.25, -0.2) is 56.9 Å². The van der Waals surface area contributed by atoms with E-state index < -0.39 is 62.2 Å². The van der Waals surface area contributed by atoms with Crippen LogP contribution in [0.2, 0.25) is 0 Å². The summed E-state index contributed by atoms with van der Waals surface area (Å²) in [5.41, 5.74) is 23.5. The van der Waals surface area contributed by atoms with Gasteiger partial charge in [0.2, 0.25) is 46.2 Å². The largest absolute Gasteiger partial charge is 0.400 e. The second-order valence-corrected chi connectivity index (χ2v) is 44.5. The van der Waals surface area contributed by atoms with Crippen molar-refractivity contribution in [3.8, 4) is 0 Å². The third kappa shape index (κ3) is 28.5. The number of isocyanates is 1. The summed E-state index contributed by atoms with van der Waals surface area (Å²) >= 11 is 3.37. The Kier molecular flexibility index (Phi) is 42.8. The third-order valence-electron chi connectivity index (χ3n) is 27.8. The van der Waals surface area contributed by atoms with E-state index in [-0.39, 0.29) is 89.5 Å². The van der Waals surface area contributed by atoms with Gasteiger partial charge in [0.1, 0.15) is 45.5 Å². The average molecular weight is 2090 g/mol. The number of piperidine rings is 4. The summed E-state index contributed by atoms with van der Waals surface area (Å²) in [6.45, 7) is 13.5. The molecule has 8 aliphatic heterocycles. The zero-order valence-electron chi connectivity index (χ0n) is 78.2. The Balaban J connectivity index is 0.000000231. The zero-order chi connectivity index (χ0) is 95.1. The van der Waals surface area contributed by atoms with Crippen LogP contribution >= 0.6 is 15.9 Å². The summed E-state index contributed by atoms with van der Waals surface area (Å²) in [5.74, 6) is 4.51. The number of nitrogen functional groups attached to an aromatic ring is 3. The number of anilines is 4. The second kappa shape index (κ2) is 50.9. The Bertz CT molecular complexity index is 5400. The number of urea groups is 1. The van der Waals surface area contributed by atoms with Gasteiger partial charge in [-0.3, -0.25) is 39.1 Å². The molecule has 134 heavy (non-hydrogen) atoms. The smallest absolute Gasteiger partial charge is 0.318 e. The summed E-state index contributed by atoms with van der Waals surface area (Å²) in [5, 5.41) is 26.5. The molecule has 16 rings (SSSR count). The van der Waals surface area contributed by atoms with E-state index in [1.54, 1.807) is 31.3 Å². The van der Waals surface area contributed by atoms with E-state index >= 15 is 0 Å². The number of benzene rings is 4. The van der Waals surface area contributed by atoms with Gasteiger partial charge in [-0.2, -0.15) is 8.61 Å². The molecule has 33 nitrogen and oxygen atoms in total. The number of hydrogen-bond donors (Lipinski definition) is 10. The summed E-state index contributed by atoms with van der Waals surface area (Å²) in [7, 11) is -9.93. The van der Waals surface area contributed by atoms with Gasteiger partial charge in [0.05, 0.1) is 11.5 Å². The molecule has 0 bridgehead atoms. The van der Waals surface area contributed by atoms with E-state index in [1.165, 1.54) is 113 Å². The molecule has 0 aromatic heterocycles. The number of carbonyl (C=O) groups excluding carboxylic acids is 6. The maximum atomic E-state index is 13.1. The number of hydrogen-bond acceptors (Lipinski definition) is 23. The van der Waals surface area contributed by atoms with Gasteiger partial charge in [0.15, 0.2) is 0 Å². The van der Waals surface area contributed by atoms with Crippen LogP contribution in [0.4, 0.5) is 27.5 Å². The number of carbonyl (C=O) groups is 5. The van der Waals surface area contributed by atoms with Crippen LogP contribution in [0.1, 0.15) is 226 Å². The number of nitrogens with zero attached hydrogens (tertiary/aromatic N) is 9. The van der Waals surface area contributed by atoms with Crippen molar-refractivity contribution in [2.45, 2.75) is 250 Å². The van der Waals surface area contributed by atoms with Crippen LogP contribution in [0, 0.1) is 58.8 Å². The molecular formula is C95H142BrN18O15PdS4-. The molecule has 4 spiro atoms. The van der Waals surface area contributed by atoms with Crippen molar-refractivity contribution >= 4 is 144 Å². The topological polar surface area (TPSA) is 484 Å². The molecule has 0 unspecified atom stereocenters. The molecule has 13 N–H and O–H groups in total. The van der Waals surface area contributed by atoms with Crippen molar-refractivity contribution in [2.75, 3.05) is 108 Å². The van der Waals surface area contributed by atoms with Crippen LogP contribution < -0.4 is 49.1 Å². The van der Waals surface area contributed by atoms with Gasteiger partial charge in [0.25, 0.3) is 23.6 Å². The van der Waals surface area contributed by atoms with Crippen LogP contribution in [0.3, 0.4) is 0 Å². The fraction of sp³-hybridized carbons (Fsp3) is 0.589. The first kappa shape index (κ1) is 113. The fourth-order valence-electron chi connectivity index (χ4n) is 19.1. The molecule has 8 heterocycles. The molecule has 4 saturated carbocycles. The Morgan fingerprint density at radius 2 is 0.791 bits per heavy atom. The molecule has 8 fully saturated rings. The Hall–Kier alpha value is -8.29. The van der Waals surface area contributed by atoms with E-state index in [0.717, 1.165) is 136 Å². The van der Waals surface area contributed by atoms with E-state index in [0.29, 0.717) is 144 Å². The monoisotopic (exact) mass is 2090 g/mol. The normalized spacial score (nSPS) is 20.9. The van der Waals surface area contributed by atoms with Gasteiger partial charge < -0.3 is 61.6 Å². The number of amides is 6. The summed E-state index contributed by atoms with van der Waals surface area (Å²) < 4.78 is 108. The van der Waals surface area contributed by atoms with Crippen molar-refractivity contribution in [3.63, 3.8) is 0 Å². The summed E-state index contributed by atoms with van der Waals surface area (Å²) in [6.07, 6.45) is 30.2. The molecule has 6 amide bonds. The quantitative estimate of drug-likeness (QED) is 0.0145. The van der Waals surface area contributed by atoms with Crippen molar-refractivity contribution in [3.05, 3.63) is 141 Å². The number of aliphatic imine (C=N–C) groups is 5. The van der Waals surface area contributed by atoms with E-state index in [9.17, 15) is 57.6 Å². The number of nitrogens with one attached hydrogen (secondary N) is 6. The van der Waals surface area contributed by atoms with Crippen LogP contribution in [-0.2, 0) is 97.3 Å². The molecule has 4 aromatic rings. The first-order chi connectivity index (χ1) is 62.4. The van der Waals surface area contributed by atoms with Gasteiger partial charge in [0, 0.05) is 156 Å². The number of aliphatic hydroxyl groups is 1.